The summed E-state index contributed by atoms with van der Waals surface area (Å²) in [6, 6.07) is 6.75. The van der Waals surface area contributed by atoms with Crippen LogP contribution in [0.3, 0.4) is 0 Å². The lowest BCUT2D eigenvalue weighted by Gasteiger charge is -2.21. The van der Waals surface area contributed by atoms with Gasteiger partial charge in [0.05, 0.1) is 18.3 Å². The van der Waals surface area contributed by atoms with E-state index in [2.05, 4.69) is 33.2 Å². The van der Waals surface area contributed by atoms with Crippen LogP contribution < -0.4 is 4.74 Å². The van der Waals surface area contributed by atoms with Crippen LogP contribution >= 0.6 is 0 Å². The summed E-state index contributed by atoms with van der Waals surface area (Å²) in [4.78, 5) is 16.9. The minimum atomic E-state index is 0.382. The molecule has 124 valence electrons. The summed E-state index contributed by atoms with van der Waals surface area (Å²) in [5.74, 6) is 0. The lowest BCUT2D eigenvalue weighted by atomic mass is 9.86. The summed E-state index contributed by atoms with van der Waals surface area (Å²) in [7, 11) is 1.58. The number of aryl methyl sites for hydroxylation is 1. The topological polar surface area (TPSA) is 63.7 Å². The smallest absolute Gasteiger partial charge is 0.316 e. The van der Waals surface area contributed by atoms with Crippen molar-refractivity contribution in [1.29, 1.82) is 0 Å². The zero-order valence-corrected chi connectivity index (χ0v) is 14.0. The Balaban J connectivity index is 1.83. The van der Waals surface area contributed by atoms with Gasteiger partial charge in [-0.3, -0.25) is 0 Å². The lowest BCUT2D eigenvalue weighted by Crippen LogP contribution is -2.08. The largest absolute Gasteiger partial charge is 0.467 e. The van der Waals surface area contributed by atoms with Crippen molar-refractivity contribution in [1.82, 2.24) is 19.9 Å². The first-order valence-electron chi connectivity index (χ1n) is 8.63. The number of nitrogens with zero attached hydrogens (tertiary/aromatic N) is 3. The number of benzene rings is 1. The molecule has 25 heavy (non-hydrogen) atoms. The van der Waals surface area contributed by atoms with Crippen molar-refractivity contribution in [3.05, 3.63) is 47.9 Å². The molecule has 3 aromatic heterocycles. The quantitative estimate of drug-likeness (QED) is 0.602. The normalized spacial score (nSPS) is 14.0. The van der Waals surface area contributed by atoms with Gasteiger partial charge in [0.25, 0.3) is 0 Å². The van der Waals surface area contributed by atoms with Gasteiger partial charge < -0.3 is 9.72 Å². The fourth-order valence-corrected chi connectivity index (χ4v) is 3.95. The van der Waals surface area contributed by atoms with E-state index < -0.39 is 0 Å². The highest BCUT2D eigenvalue weighted by Crippen LogP contribution is 2.37. The molecule has 0 spiro atoms. The van der Waals surface area contributed by atoms with Gasteiger partial charge in [-0.05, 0) is 55.0 Å². The van der Waals surface area contributed by atoms with Crippen LogP contribution in [0.15, 0.2) is 36.8 Å². The van der Waals surface area contributed by atoms with Crippen molar-refractivity contribution in [3.8, 4) is 17.3 Å². The third-order valence-corrected chi connectivity index (χ3v) is 5.08. The van der Waals surface area contributed by atoms with E-state index in [9.17, 15) is 0 Å². The average molecular weight is 330 g/mol. The number of methoxy groups -OCH3 is 1. The van der Waals surface area contributed by atoms with E-state index in [1.54, 1.807) is 7.11 Å². The second-order valence-electron chi connectivity index (χ2n) is 6.48. The van der Waals surface area contributed by atoms with Crippen LogP contribution in [-0.2, 0) is 12.8 Å². The fourth-order valence-electron chi connectivity index (χ4n) is 3.95. The van der Waals surface area contributed by atoms with Crippen LogP contribution in [0.1, 0.15) is 24.0 Å². The maximum Gasteiger partial charge on any atom is 0.316 e. The Labute approximate surface area is 145 Å². The molecule has 5 heteroatoms. The zero-order chi connectivity index (χ0) is 16.8. The van der Waals surface area contributed by atoms with E-state index in [-0.39, 0.29) is 0 Å². The number of aromatic nitrogens is 4. The molecule has 0 fully saturated rings. The van der Waals surface area contributed by atoms with Crippen molar-refractivity contribution in [2.75, 3.05) is 7.11 Å². The number of fused-ring (bicyclic) bond motifs is 5. The van der Waals surface area contributed by atoms with Crippen LogP contribution in [-0.4, -0.2) is 27.0 Å². The molecular weight excluding hydrogens is 312 g/mol. The summed E-state index contributed by atoms with van der Waals surface area (Å²) < 4.78 is 5.08. The van der Waals surface area contributed by atoms with Gasteiger partial charge in [0.1, 0.15) is 0 Å². The van der Waals surface area contributed by atoms with Gasteiger partial charge in [0.2, 0.25) is 0 Å². The molecule has 0 atom stereocenters. The maximum absolute atomic E-state index is 5.08. The molecule has 1 aromatic carbocycles. The van der Waals surface area contributed by atoms with Crippen molar-refractivity contribution in [2.45, 2.75) is 25.7 Å². The first kappa shape index (κ1) is 14.4. The minimum absolute atomic E-state index is 0.382. The van der Waals surface area contributed by atoms with Gasteiger partial charge in [0.15, 0.2) is 0 Å². The summed E-state index contributed by atoms with van der Waals surface area (Å²) in [6.45, 7) is 0. The molecule has 5 rings (SSSR count). The van der Waals surface area contributed by atoms with Crippen molar-refractivity contribution in [2.24, 2.45) is 0 Å². The summed E-state index contributed by atoms with van der Waals surface area (Å²) >= 11 is 0. The first-order valence-corrected chi connectivity index (χ1v) is 8.63. The van der Waals surface area contributed by atoms with Gasteiger partial charge >= 0.3 is 6.01 Å². The molecule has 0 aliphatic heterocycles. The third kappa shape index (κ3) is 2.19. The molecule has 5 nitrogen and oxygen atoms in total. The van der Waals surface area contributed by atoms with E-state index in [4.69, 9.17) is 9.72 Å². The molecule has 4 aromatic rings. The zero-order valence-electron chi connectivity index (χ0n) is 14.0. The highest BCUT2D eigenvalue weighted by atomic mass is 16.5. The Bertz CT molecular complexity index is 1080. The number of hydrogen-bond acceptors (Lipinski definition) is 4. The van der Waals surface area contributed by atoms with E-state index in [0.717, 1.165) is 29.6 Å². The van der Waals surface area contributed by atoms with Gasteiger partial charge in [0, 0.05) is 40.4 Å². The molecule has 1 aliphatic rings. The molecule has 0 amide bonds. The van der Waals surface area contributed by atoms with Gasteiger partial charge in [-0.25, -0.2) is 15.0 Å². The number of rotatable bonds is 2. The van der Waals surface area contributed by atoms with E-state index in [1.807, 2.05) is 18.6 Å². The van der Waals surface area contributed by atoms with Crippen molar-refractivity contribution in [3.63, 3.8) is 0 Å². The molecule has 0 saturated carbocycles. The van der Waals surface area contributed by atoms with Crippen molar-refractivity contribution >= 4 is 21.8 Å². The van der Waals surface area contributed by atoms with Crippen LogP contribution in [0.4, 0.5) is 0 Å². The highest BCUT2D eigenvalue weighted by Gasteiger charge is 2.21. The Morgan fingerprint density at radius 3 is 2.60 bits per heavy atom. The number of pyridine rings is 1. The summed E-state index contributed by atoms with van der Waals surface area (Å²) in [6.07, 6.45) is 10.2. The summed E-state index contributed by atoms with van der Waals surface area (Å²) in [5, 5.41) is 2.56. The third-order valence-electron chi connectivity index (χ3n) is 5.08. The van der Waals surface area contributed by atoms with Gasteiger partial charge in [-0.2, -0.15) is 0 Å². The van der Waals surface area contributed by atoms with Crippen LogP contribution in [0.25, 0.3) is 33.1 Å². The Hall–Kier alpha value is -2.95. The highest BCUT2D eigenvalue weighted by molar-refractivity contribution is 6.08. The molecule has 0 bridgehead atoms. The monoisotopic (exact) mass is 330 g/mol. The van der Waals surface area contributed by atoms with Crippen LogP contribution in [0.2, 0.25) is 0 Å². The number of aromatic amines is 1. The second kappa shape index (κ2) is 5.55. The van der Waals surface area contributed by atoms with E-state index >= 15 is 0 Å². The fraction of sp³-hybridized carbons (Fsp3) is 0.250. The molecular formula is C20H18N4O. The second-order valence-corrected chi connectivity index (χ2v) is 6.48. The van der Waals surface area contributed by atoms with Gasteiger partial charge in [-0.1, -0.05) is 0 Å². The molecule has 0 saturated heterocycles. The van der Waals surface area contributed by atoms with E-state index in [0.29, 0.717) is 6.01 Å². The van der Waals surface area contributed by atoms with Crippen LogP contribution in [0.5, 0.6) is 6.01 Å². The number of nitrogens with one attached hydrogen (secondary N) is 1. The molecule has 1 aliphatic carbocycles. The lowest BCUT2D eigenvalue weighted by molar-refractivity contribution is 0.380. The van der Waals surface area contributed by atoms with E-state index in [1.165, 1.54) is 40.3 Å². The molecule has 0 unspecified atom stereocenters. The van der Waals surface area contributed by atoms with Gasteiger partial charge in [-0.15, -0.1) is 0 Å². The standard InChI is InChI=1S/C20H18N4O/c1-25-20-22-10-12(11-23-20)19-14-5-3-2-4-13(14)18-15-8-9-21-16(15)6-7-17(18)24-19/h6-11,21H,2-5H2,1H3. The molecule has 1 N–H and O–H groups in total. The number of hydrogen-bond donors (Lipinski definition) is 1. The summed E-state index contributed by atoms with van der Waals surface area (Å²) in [5.41, 5.74) is 6.96. The number of H-pyrrole nitrogens is 1. The Morgan fingerprint density at radius 2 is 1.80 bits per heavy atom. The Morgan fingerprint density at radius 1 is 1.00 bits per heavy atom. The maximum atomic E-state index is 5.08. The predicted molar refractivity (Wildman–Crippen MR) is 97.8 cm³/mol. The molecule has 3 heterocycles. The SMILES string of the molecule is COc1ncc(-c2nc3ccc4[nH]ccc4c3c3c2CCCC3)cn1. The van der Waals surface area contributed by atoms with Crippen LogP contribution in [0, 0.1) is 0 Å². The van der Waals surface area contributed by atoms with Crippen molar-refractivity contribution < 1.29 is 4.74 Å². The first-order chi connectivity index (χ1) is 12.3. The predicted octanol–water partition coefficient (Wildman–Crippen LogP) is 4.06. The average Bonchev–Trinajstić information content (AvgIpc) is 3.16. The molecule has 0 radical (unpaired) electrons. The number of ether oxygens (including phenoxy) is 1. The Kier molecular flexibility index (Phi) is 3.20. The minimum Gasteiger partial charge on any atom is -0.467 e.